The Kier molecular flexibility index (Phi) is 5.07. The van der Waals surface area contributed by atoms with E-state index in [2.05, 4.69) is 30.3 Å². The zero-order valence-corrected chi connectivity index (χ0v) is 21.3. The minimum atomic E-state index is 0.558. The monoisotopic (exact) mass is 515 g/mol. The number of rotatable bonds is 4. The van der Waals surface area contributed by atoms with E-state index < -0.39 is 0 Å². The third kappa shape index (κ3) is 3.84. The molecule has 0 aliphatic heterocycles. The van der Waals surface area contributed by atoms with Gasteiger partial charge in [-0.25, -0.2) is 15.0 Å². The largest absolute Gasteiger partial charge is 0.456 e. The van der Waals surface area contributed by atoms with Crippen molar-refractivity contribution in [2.45, 2.75) is 0 Å². The molecule has 0 fully saturated rings. The van der Waals surface area contributed by atoms with E-state index in [1.54, 1.807) is 0 Å². The molecule has 8 rings (SSSR count). The molecule has 0 aliphatic carbocycles. The SMILES string of the molecule is c1ccc(-c2cc(-c3ccccc3)nc(-c3ccc(-c4nc5cc6c(cc5o4)oc4ccccc46)cc3)n2)cc1. The molecule has 5 heteroatoms. The first-order chi connectivity index (χ1) is 19.8. The van der Waals surface area contributed by atoms with Gasteiger partial charge >= 0.3 is 0 Å². The minimum absolute atomic E-state index is 0.558. The Morgan fingerprint density at radius 1 is 0.400 bits per heavy atom. The molecule has 0 amide bonds. The van der Waals surface area contributed by atoms with Gasteiger partial charge in [0.25, 0.3) is 0 Å². The van der Waals surface area contributed by atoms with Crippen LogP contribution in [-0.2, 0) is 0 Å². The van der Waals surface area contributed by atoms with Crippen molar-refractivity contribution in [3.05, 3.63) is 127 Å². The molecular formula is C35H21N3O2. The van der Waals surface area contributed by atoms with Crippen LogP contribution in [0, 0.1) is 0 Å². The summed E-state index contributed by atoms with van der Waals surface area (Å²) in [5, 5.41) is 2.10. The van der Waals surface area contributed by atoms with Crippen molar-refractivity contribution < 1.29 is 8.83 Å². The molecule has 0 spiro atoms. The summed E-state index contributed by atoms with van der Waals surface area (Å²) >= 11 is 0. The first kappa shape index (κ1) is 22.4. The molecule has 0 unspecified atom stereocenters. The quantitative estimate of drug-likeness (QED) is 0.234. The van der Waals surface area contributed by atoms with Crippen molar-refractivity contribution >= 4 is 33.0 Å². The fraction of sp³-hybridized carbons (Fsp3) is 0. The summed E-state index contributed by atoms with van der Waals surface area (Å²) in [5.41, 5.74) is 8.78. The Hall–Kier alpha value is -5.55. The molecule has 8 aromatic rings. The van der Waals surface area contributed by atoms with E-state index in [-0.39, 0.29) is 0 Å². The van der Waals surface area contributed by atoms with Gasteiger partial charge in [-0.05, 0) is 30.3 Å². The van der Waals surface area contributed by atoms with Crippen molar-refractivity contribution in [3.8, 4) is 45.4 Å². The maximum atomic E-state index is 6.16. The number of fused-ring (bicyclic) bond motifs is 4. The van der Waals surface area contributed by atoms with E-state index in [9.17, 15) is 0 Å². The highest BCUT2D eigenvalue weighted by Crippen LogP contribution is 2.34. The highest BCUT2D eigenvalue weighted by Gasteiger charge is 2.15. The zero-order valence-electron chi connectivity index (χ0n) is 21.3. The second kappa shape index (κ2) is 9.03. The van der Waals surface area contributed by atoms with E-state index in [1.807, 2.05) is 97.1 Å². The van der Waals surface area contributed by atoms with Crippen molar-refractivity contribution in [2.24, 2.45) is 0 Å². The van der Waals surface area contributed by atoms with E-state index in [0.717, 1.165) is 61.1 Å². The standard InChI is InChI=1S/C35H21N3O2/c1-3-9-22(10-4-1)28-20-29(23-11-5-2-6-12-23)37-34(36-28)24-15-17-25(18-16-24)35-38-30-19-27-26-13-7-8-14-31(26)39-32(27)21-33(30)40-35/h1-21H. The molecule has 3 aromatic heterocycles. The van der Waals surface area contributed by atoms with Crippen LogP contribution in [0.15, 0.2) is 136 Å². The summed E-state index contributed by atoms with van der Waals surface area (Å²) < 4.78 is 12.2. The van der Waals surface area contributed by atoms with Gasteiger partial charge in [0.2, 0.25) is 5.89 Å². The summed E-state index contributed by atoms with van der Waals surface area (Å²) in [6.07, 6.45) is 0. The summed E-state index contributed by atoms with van der Waals surface area (Å²) in [6, 6.07) is 42.4. The zero-order chi connectivity index (χ0) is 26.5. The van der Waals surface area contributed by atoms with Crippen LogP contribution < -0.4 is 0 Å². The van der Waals surface area contributed by atoms with Gasteiger partial charge in [-0.2, -0.15) is 0 Å². The van der Waals surface area contributed by atoms with Crippen molar-refractivity contribution in [1.82, 2.24) is 15.0 Å². The third-order valence-electron chi connectivity index (χ3n) is 7.14. The molecule has 0 saturated carbocycles. The smallest absolute Gasteiger partial charge is 0.227 e. The summed E-state index contributed by atoms with van der Waals surface area (Å²) in [5.74, 6) is 1.22. The normalized spacial score (nSPS) is 11.5. The Morgan fingerprint density at radius 2 is 1.02 bits per heavy atom. The second-order valence-electron chi connectivity index (χ2n) is 9.70. The molecule has 3 heterocycles. The van der Waals surface area contributed by atoms with E-state index in [4.69, 9.17) is 23.8 Å². The Bertz CT molecular complexity index is 2090. The Labute approximate surface area is 229 Å². The van der Waals surface area contributed by atoms with Crippen molar-refractivity contribution in [3.63, 3.8) is 0 Å². The minimum Gasteiger partial charge on any atom is -0.456 e. The van der Waals surface area contributed by atoms with Crippen LogP contribution in [0.5, 0.6) is 0 Å². The van der Waals surface area contributed by atoms with Crippen LogP contribution in [0.2, 0.25) is 0 Å². The van der Waals surface area contributed by atoms with Gasteiger partial charge in [-0.15, -0.1) is 0 Å². The topological polar surface area (TPSA) is 65.0 Å². The average Bonchev–Trinajstić information content (AvgIpc) is 3.61. The van der Waals surface area contributed by atoms with Crippen molar-refractivity contribution in [1.29, 1.82) is 0 Å². The molecular weight excluding hydrogens is 494 g/mol. The van der Waals surface area contributed by atoms with Gasteiger partial charge in [0, 0.05) is 39.1 Å². The molecule has 0 atom stereocenters. The molecule has 0 saturated heterocycles. The van der Waals surface area contributed by atoms with Gasteiger partial charge in [0.1, 0.15) is 16.7 Å². The first-order valence-electron chi connectivity index (χ1n) is 13.1. The van der Waals surface area contributed by atoms with Crippen LogP contribution in [-0.4, -0.2) is 15.0 Å². The maximum absolute atomic E-state index is 6.16. The summed E-state index contributed by atoms with van der Waals surface area (Å²) in [4.78, 5) is 14.6. The van der Waals surface area contributed by atoms with Gasteiger partial charge in [0.05, 0.1) is 11.4 Å². The number of furan rings is 1. The maximum Gasteiger partial charge on any atom is 0.227 e. The summed E-state index contributed by atoms with van der Waals surface area (Å²) in [7, 11) is 0. The van der Waals surface area contributed by atoms with Crippen LogP contribution in [0.4, 0.5) is 0 Å². The molecule has 0 bridgehead atoms. The molecule has 5 aromatic carbocycles. The van der Waals surface area contributed by atoms with E-state index >= 15 is 0 Å². The van der Waals surface area contributed by atoms with Gasteiger partial charge in [-0.1, -0.05) is 91.0 Å². The highest BCUT2D eigenvalue weighted by atomic mass is 16.4. The molecule has 0 radical (unpaired) electrons. The summed E-state index contributed by atoms with van der Waals surface area (Å²) in [6.45, 7) is 0. The number of nitrogens with zero attached hydrogens (tertiary/aromatic N) is 3. The second-order valence-corrected chi connectivity index (χ2v) is 9.70. The number of oxazole rings is 1. The Balaban J connectivity index is 1.19. The predicted molar refractivity (Wildman–Crippen MR) is 159 cm³/mol. The molecule has 0 aliphatic rings. The number of hydrogen-bond acceptors (Lipinski definition) is 5. The number of para-hydroxylation sites is 1. The van der Waals surface area contributed by atoms with Crippen LogP contribution >= 0.6 is 0 Å². The van der Waals surface area contributed by atoms with Gasteiger partial charge < -0.3 is 8.83 Å². The van der Waals surface area contributed by atoms with Crippen LogP contribution in [0.3, 0.4) is 0 Å². The van der Waals surface area contributed by atoms with Crippen molar-refractivity contribution in [2.75, 3.05) is 0 Å². The lowest BCUT2D eigenvalue weighted by atomic mass is 10.1. The van der Waals surface area contributed by atoms with E-state index in [1.165, 1.54) is 0 Å². The number of aromatic nitrogens is 3. The first-order valence-corrected chi connectivity index (χ1v) is 13.1. The van der Waals surface area contributed by atoms with E-state index in [0.29, 0.717) is 17.3 Å². The molecule has 188 valence electrons. The molecule has 5 nitrogen and oxygen atoms in total. The molecule has 0 N–H and O–H groups in total. The fourth-order valence-corrected chi connectivity index (χ4v) is 5.12. The predicted octanol–water partition coefficient (Wildman–Crippen LogP) is 9.19. The van der Waals surface area contributed by atoms with Crippen LogP contribution in [0.1, 0.15) is 0 Å². The van der Waals surface area contributed by atoms with Gasteiger partial charge in [0.15, 0.2) is 11.4 Å². The Morgan fingerprint density at radius 3 is 1.73 bits per heavy atom. The number of hydrogen-bond donors (Lipinski definition) is 0. The lowest BCUT2D eigenvalue weighted by Crippen LogP contribution is -1.95. The lowest BCUT2D eigenvalue weighted by Gasteiger charge is -2.09. The van der Waals surface area contributed by atoms with Crippen LogP contribution in [0.25, 0.3) is 78.4 Å². The number of benzene rings is 5. The highest BCUT2D eigenvalue weighted by molar-refractivity contribution is 6.08. The third-order valence-corrected chi connectivity index (χ3v) is 7.14. The fourth-order valence-electron chi connectivity index (χ4n) is 5.12. The van der Waals surface area contributed by atoms with Gasteiger partial charge in [-0.3, -0.25) is 0 Å². The lowest BCUT2D eigenvalue weighted by molar-refractivity contribution is 0.617. The molecule has 40 heavy (non-hydrogen) atoms. The average molecular weight is 516 g/mol.